The molecule has 1 atom stereocenters. The minimum absolute atomic E-state index is 0.0827. The van der Waals surface area contributed by atoms with E-state index in [9.17, 15) is 15.0 Å². The summed E-state index contributed by atoms with van der Waals surface area (Å²) in [6.45, 7) is 1.62. The summed E-state index contributed by atoms with van der Waals surface area (Å²) in [7, 11) is 0. The molecular weight excluding hydrogens is 258 g/mol. The minimum Gasteiger partial charge on any atom is -0.508 e. The van der Waals surface area contributed by atoms with Crippen LogP contribution in [0.4, 0.5) is 4.79 Å². The SMILES string of the molecule is CC(OC(N)=O)(c1ccccc1)c1ccc(O)cc1O. The summed E-state index contributed by atoms with van der Waals surface area (Å²) in [4.78, 5) is 11.2. The molecule has 20 heavy (non-hydrogen) atoms. The predicted octanol–water partition coefficient (Wildman–Crippen LogP) is 2.46. The number of carbonyl (C=O) groups excluding carboxylic acids is 1. The summed E-state index contributed by atoms with van der Waals surface area (Å²) in [6.07, 6.45) is -0.955. The topological polar surface area (TPSA) is 92.8 Å². The molecule has 2 rings (SSSR count). The molecule has 104 valence electrons. The molecule has 2 aromatic carbocycles. The second kappa shape index (κ2) is 5.13. The van der Waals surface area contributed by atoms with Gasteiger partial charge in [-0.25, -0.2) is 4.79 Å². The maximum atomic E-state index is 11.2. The number of phenols is 2. The average Bonchev–Trinajstić information content (AvgIpc) is 2.38. The summed E-state index contributed by atoms with van der Waals surface area (Å²) >= 11 is 0. The van der Waals surface area contributed by atoms with E-state index in [-0.39, 0.29) is 11.5 Å². The molecule has 4 N–H and O–H groups in total. The van der Waals surface area contributed by atoms with E-state index in [2.05, 4.69) is 0 Å². The molecule has 0 saturated heterocycles. The Morgan fingerprint density at radius 3 is 2.35 bits per heavy atom. The second-order valence-electron chi connectivity index (χ2n) is 4.52. The van der Waals surface area contributed by atoms with Gasteiger partial charge in [0.1, 0.15) is 11.5 Å². The predicted molar refractivity (Wildman–Crippen MR) is 73.3 cm³/mol. The number of ether oxygens (including phenoxy) is 1. The molecule has 0 aliphatic rings. The molecule has 0 bridgehead atoms. The van der Waals surface area contributed by atoms with Crippen molar-refractivity contribution in [3.8, 4) is 11.5 Å². The molecule has 0 spiro atoms. The minimum atomic E-state index is -1.25. The van der Waals surface area contributed by atoms with Crippen LogP contribution in [0, 0.1) is 0 Å². The van der Waals surface area contributed by atoms with E-state index in [0.29, 0.717) is 11.1 Å². The highest BCUT2D eigenvalue weighted by molar-refractivity contribution is 5.66. The third kappa shape index (κ3) is 2.51. The van der Waals surface area contributed by atoms with Gasteiger partial charge in [-0.2, -0.15) is 0 Å². The highest BCUT2D eigenvalue weighted by atomic mass is 16.6. The smallest absolute Gasteiger partial charge is 0.405 e. The van der Waals surface area contributed by atoms with Gasteiger partial charge < -0.3 is 20.7 Å². The molecule has 0 aliphatic carbocycles. The van der Waals surface area contributed by atoms with Crippen molar-refractivity contribution >= 4 is 6.09 Å². The Hall–Kier alpha value is -2.69. The maximum Gasteiger partial charge on any atom is 0.405 e. The number of carbonyl (C=O) groups is 1. The van der Waals surface area contributed by atoms with E-state index in [1.165, 1.54) is 18.2 Å². The first kappa shape index (κ1) is 13.7. The molecule has 0 aliphatic heterocycles. The Balaban J connectivity index is 2.60. The lowest BCUT2D eigenvalue weighted by Crippen LogP contribution is -2.33. The molecular formula is C15H15NO4. The first-order valence-corrected chi connectivity index (χ1v) is 6.00. The highest BCUT2D eigenvalue weighted by Crippen LogP contribution is 2.39. The highest BCUT2D eigenvalue weighted by Gasteiger charge is 2.35. The lowest BCUT2D eigenvalue weighted by Gasteiger charge is -2.30. The van der Waals surface area contributed by atoms with Crippen molar-refractivity contribution in [2.45, 2.75) is 12.5 Å². The van der Waals surface area contributed by atoms with Gasteiger partial charge in [0.25, 0.3) is 0 Å². The van der Waals surface area contributed by atoms with Gasteiger partial charge in [0, 0.05) is 11.6 Å². The Morgan fingerprint density at radius 1 is 1.15 bits per heavy atom. The van der Waals surface area contributed by atoms with Crippen LogP contribution >= 0.6 is 0 Å². The molecule has 0 aromatic heterocycles. The van der Waals surface area contributed by atoms with Crippen LogP contribution < -0.4 is 5.73 Å². The molecule has 0 saturated carbocycles. The van der Waals surface area contributed by atoms with E-state index in [4.69, 9.17) is 10.5 Å². The first-order chi connectivity index (χ1) is 9.43. The molecule has 5 heteroatoms. The van der Waals surface area contributed by atoms with Gasteiger partial charge in [-0.05, 0) is 24.6 Å². The van der Waals surface area contributed by atoms with Crippen LogP contribution in [0.15, 0.2) is 48.5 Å². The summed E-state index contributed by atoms with van der Waals surface area (Å²) in [5.41, 5.74) is 4.88. The number of phenolic OH excluding ortho intramolecular Hbond substituents is 2. The number of hydrogen-bond donors (Lipinski definition) is 3. The third-order valence-electron chi connectivity index (χ3n) is 3.12. The van der Waals surface area contributed by atoms with Crippen LogP contribution in [-0.2, 0) is 10.3 Å². The number of nitrogens with two attached hydrogens (primary N) is 1. The number of benzene rings is 2. The number of hydrogen-bond acceptors (Lipinski definition) is 4. The standard InChI is InChI=1S/C15H15NO4/c1-15(20-14(16)19,10-5-3-2-4-6-10)12-8-7-11(17)9-13(12)18/h2-9,17-18H,1H3,(H2,16,19). The van der Waals surface area contributed by atoms with Crippen molar-refractivity contribution in [1.29, 1.82) is 0 Å². The summed E-state index contributed by atoms with van der Waals surface area (Å²) in [5.74, 6) is -0.265. The van der Waals surface area contributed by atoms with Gasteiger partial charge in [-0.1, -0.05) is 30.3 Å². The number of primary amides is 1. The summed E-state index contributed by atoms with van der Waals surface area (Å²) < 4.78 is 5.23. The van der Waals surface area contributed by atoms with Crippen LogP contribution in [0.25, 0.3) is 0 Å². The lowest BCUT2D eigenvalue weighted by molar-refractivity contribution is 0.0579. The van der Waals surface area contributed by atoms with Crippen molar-refractivity contribution in [2.24, 2.45) is 5.73 Å². The summed E-state index contributed by atoms with van der Waals surface area (Å²) in [6, 6.07) is 13.0. The fourth-order valence-corrected chi connectivity index (χ4v) is 2.15. The van der Waals surface area contributed by atoms with Gasteiger partial charge >= 0.3 is 6.09 Å². The zero-order valence-corrected chi connectivity index (χ0v) is 10.9. The molecule has 2 aromatic rings. The van der Waals surface area contributed by atoms with Crippen molar-refractivity contribution in [3.63, 3.8) is 0 Å². The molecule has 1 amide bonds. The van der Waals surface area contributed by atoms with Crippen molar-refractivity contribution < 1.29 is 19.7 Å². The normalized spacial score (nSPS) is 13.4. The number of aromatic hydroxyl groups is 2. The lowest BCUT2D eigenvalue weighted by atomic mass is 9.87. The molecule has 0 fully saturated rings. The summed E-state index contributed by atoms with van der Waals surface area (Å²) in [5, 5.41) is 19.4. The Kier molecular flexibility index (Phi) is 3.52. The van der Waals surface area contributed by atoms with Crippen LogP contribution in [0.3, 0.4) is 0 Å². The van der Waals surface area contributed by atoms with Crippen molar-refractivity contribution in [2.75, 3.05) is 0 Å². The zero-order chi connectivity index (χ0) is 14.8. The van der Waals surface area contributed by atoms with Gasteiger partial charge in [0.2, 0.25) is 0 Å². The van der Waals surface area contributed by atoms with Gasteiger partial charge in [-0.3, -0.25) is 0 Å². The van der Waals surface area contributed by atoms with Gasteiger partial charge in [-0.15, -0.1) is 0 Å². The Bertz CT molecular complexity index is 627. The molecule has 0 heterocycles. The fraction of sp³-hybridized carbons (Fsp3) is 0.133. The molecule has 1 unspecified atom stereocenters. The molecule has 0 radical (unpaired) electrons. The zero-order valence-electron chi connectivity index (χ0n) is 10.9. The number of amides is 1. The molecule has 5 nitrogen and oxygen atoms in total. The third-order valence-corrected chi connectivity index (χ3v) is 3.12. The Morgan fingerprint density at radius 2 is 1.80 bits per heavy atom. The number of rotatable bonds is 3. The average molecular weight is 273 g/mol. The van der Waals surface area contributed by atoms with E-state index in [1.807, 2.05) is 6.07 Å². The van der Waals surface area contributed by atoms with Crippen LogP contribution in [0.2, 0.25) is 0 Å². The van der Waals surface area contributed by atoms with Crippen LogP contribution in [0.5, 0.6) is 11.5 Å². The van der Waals surface area contributed by atoms with E-state index < -0.39 is 11.7 Å². The maximum absolute atomic E-state index is 11.2. The van der Waals surface area contributed by atoms with E-state index in [0.717, 1.165) is 0 Å². The Labute approximate surface area is 116 Å². The second-order valence-corrected chi connectivity index (χ2v) is 4.52. The quantitative estimate of drug-likeness (QED) is 0.800. The van der Waals surface area contributed by atoms with Crippen molar-refractivity contribution in [1.82, 2.24) is 0 Å². The largest absolute Gasteiger partial charge is 0.508 e. The van der Waals surface area contributed by atoms with E-state index >= 15 is 0 Å². The van der Waals surface area contributed by atoms with Crippen LogP contribution in [0.1, 0.15) is 18.1 Å². The van der Waals surface area contributed by atoms with Crippen molar-refractivity contribution in [3.05, 3.63) is 59.7 Å². The fourth-order valence-electron chi connectivity index (χ4n) is 2.15. The first-order valence-electron chi connectivity index (χ1n) is 6.00. The van der Waals surface area contributed by atoms with E-state index in [1.54, 1.807) is 31.2 Å². The monoisotopic (exact) mass is 273 g/mol. The van der Waals surface area contributed by atoms with Gasteiger partial charge in [0.05, 0.1) is 0 Å². The van der Waals surface area contributed by atoms with Gasteiger partial charge in [0.15, 0.2) is 5.60 Å². The van der Waals surface area contributed by atoms with Crippen LogP contribution in [-0.4, -0.2) is 16.3 Å².